The van der Waals surface area contributed by atoms with Crippen molar-refractivity contribution in [2.24, 2.45) is 0 Å². The van der Waals surface area contributed by atoms with Crippen molar-refractivity contribution in [3.05, 3.63) is 16.5 Å². The molecule has 0 spiro atoms. The minimum atomic E-state index is 0.464. The highest BCUT2D eigenvalue weighted by molar-refractivity contribution is 7.16. The van der Waals surface area contributed by atoms with Gasteiger partial charge in [0.1, 0.15) is 10.5 Å². The molecule has 0 unspecified atom stereocenters. The normalized spacial score (nSPS) is 10.7. The molecule has 0 saturated carbocycles. The first-order valence-corrected chi connectivity index (χ1v) is 4.13. The molecule has 2 rings (SSSR count). The van der Waals surface area contributed by atoms with Crippen molar-refractivity contribution in [1.29, 1.82) is 0 Å². The molecule has 0 aliphatic carbocycles. The average Bonchev–Trinajstić information content (AvgIpc) is 2.34. The van der Waals surface area contributed by atoms with Gasteiger partial charge in [0.25, 0.3) is 0 Å². The third kappa shape index (κ3) is 1.08. The van der Waals surface area contributed by atoms with E-state index in [-0.39, 0.29) is 0 Å². The zero-order chi connectivity index (χ0) is 7.84. The third-order valence-corrected chi connectivity index (χ3v) is 2.37. The predicted molar refractivity (Wildman–Crippen MR) is 43.8 cm³/mol. The monoisotopic (exact) mass is 184 g/mol. The van der Waals surface area contributed by atoms with E-state index >= 15 is 0 Å². The molecule has 2 aromatic heterocycles. The first-order valence-electron chi connectivity index (χ1n) is 2.94. The highest BCUT2D eigenvalue weighted by Crippen LogP contribution is 2.22. The minimum Gasteiger partial charge on any atom is -0.220 e. The first-order chi connectivity index (χ1) is 5.27. The Labute approximate surface area is 72.1 Å². The van der Waals surface area contributed by atoms with Crippen LogP contribution in [0.5, 0.6) is 0 Å². The van der Waals surface area contributed by atoms with E-state index in [2.05, 4.69) is 20.5 Å². The lowest BCUT2D eigenvalue weighted by molar-refractivity contribution is 1.08. The molecule has 0 aromatic carbocycles. The average molecular weight is 185 g/mol. The van der Waals surface area contributed by atoms with E-state index in [9.17, 15) is 0 Å². The van der Waals surface area contributed by atoms with Crippen LogP contribution in [0, 0.1) is 12.4 Å². The van der Waals surface area contributed by atoms with E-state index in [4.69, 9.17) is 11.6 Å². The fraction of sp³-hybridized carbons (Fsp3) is 0.167. The van der Waals surface area contributed by atoms with Crippen molar-refractivity contribution in [3.8, 4) is 0 Å². The van der Waals surface area contributed by atoms with E-state index in [0.717, 1.165) is 4.70 Å². The van der Waals surface area contributed by atoms with Gasteiger partial charge in [-0.25, -0.2) is 15.0 Å². The Morgan fingerprint density at radius 3 is 3.09 bits per heavy atom. The lowest BCUT2D eigenvalue weighted by atomic mass is 10.6. The van der Waals surface area contributed by atoms with Crippen molar-refractivity contribution in [1.82, 2.24) is 15.0 Å². The van der Waals surface area contributed by atoms with Gasteiger partial charge in [0.2, 0.25) is 0 Å². The second-order valence-corrected chi connectivity index (χ2v) is 3.17. The number of hydrogen-bond acceptors (Lipinski definition) is 4. The quantitative estimate of drug-likeness (QED) is 0.587. The Hall–Kier alpha value is -0.740. The molecule has 0 aliphatic rings. The molecule has 0 amide bonds. The molecule has 0 atom stereocenters. The summed E-state index contributed by atoms with van der Waals surface area (Å²) in [6.45, 7) is 1.78. The molecule has 55 valence electrons. The van der Waals surface area contributed by atoms with Crippen molar-refractivity contribution >= 4 is 33.3 Å². The van der Waals surface area contributed by atoms with Crippen LogP contribution >= 0.6 is 22.9 Å². The predicted octanol–water partition coefficient (Wildman–Crippen LogP) is 1.85. The Morgan fingerprint density at radius 2 is 2.27 bits per heavy atom. The van der Waals surface area contributed by atoms with Gasteiger partial charge in [-0.15, -0.1) is 11.3 Å². The van der Waals surface area contributed by atoms with Crippen LogP contribution in [0.15, 0.2) is 0 Å². The van der Waals surface area contributed by atoms with Gasteiger partial charge in [0, 0.05) is 0 Å². The molecule has 0 saturated heterocycles. The van der Waals surface area contributed by atoms with Crippen molar-refractivity contribution in [2.45, 2.75) is 6.92 Å². The maximum absolute atomic E-state index is 5.80. The SMILES string of the molecule is Cc1nc(Cl)c2s[c]nc2n1. The lowest BCUT2D eigenvalue weighted by Crippen LogP contribution is -1.87. The third-order valence-electron chi connectivity index (χ3n) is 1.22. The fourth-order valence-electron chi connectivity index (χ4n) is 0.789. The lowest BCUT2D eigenvalue weighted by Gasteiger charge is -1.92. The summed E-state index contributed by atoms with van der Waals surface area (Å²) in [5.41, 5.74) is 3.34. The maximum atomic E-state index is 5.80. The first kappa shape index (κ1) is 6.94. The molecule has 0 bridgehead atoms. The van der Waals surface area contributed by atoms with Gasteiger partial charge in [-0.2, -0.15) is 0 Å². The van der Waals surface area contributed by atoms with Crippen LogP contribution in [-0.2, 0) is 0 Å². The van der Waals surface area contributed by atoms with Gasteiger partial charge in [-0.3, -0.25) is 0 Å². The summed E-state index contributed by atoms with van der Waals surface area (Å²) in [6, 6.07) is 0. The summed E-state index contributed by atoms with van der Waals surface area (Å²) in [4.78, 5) is 11.9. The number of halogens is 1. The Balaban J connectivity index is 2.91. The van der Waals surface area contributed by atoms with Crippen LogP contribution in [0.25, 0.3) is 10.3 Å². The summed E-state index contributed by atoms with van der Waals surface area (Å²) in [5.74, 6) is 0.641. The number of fused-ring (bicyclic) bond motifs is 1. The van der Waals surface area contributed by atoms with Crippen LogP contribution in [0.1, 0.15) is 5.82 Å². The highest BCUT2D eigenvalue weighted by Gasteiger charge is 2.04. The Morgan fingerprint density at radius 1 is 1.45 bits per heavy atom. The molecule has 11 heavy (non-hydrogen) atoms. The molecule has 2 aromatic rings. The molecular weight excluding hydrogens is 182 g/mol. The van der Waals surface area contributed by atoms with Gasteiger partial charge in [-0.1, -0.05) is 11.6 Å². The second-order valence-electron chi connectivity index (χ2n) is 2.02. The smallest absolute Gasteiger partial charge is 0.176 e. The Bertz CT molecular complexity index is 398. The fourth-order valence-corrected chi connectivity index (χ4v) is 1.65. The van der Waals surface area contributed by atoms with Gasteiger partial charge in [0.15, 0.2) is 16.3 Å². The zero-order valence-electron chi connectivity index (χ0n) is 5.63. The summed E-state index contributed by atoms with van der Waals surface area (Å²) in [6.07, 6.45) is 0. The van der Waals surface area contributed by atoms with E-state index in [1.54, 1.807) is 6.92 Å². The van der Waals surface area contributed by atoms with Crippen LogP contribution < -0.4 is 0 Å². The number of hydrogen-bond donors (Lipinski definition) is 0. The van der Waals surface area contributed by atoms with Crippen molar-refractivity contribution in [2.75, 3.05) is 0 Å². The molecule has 0 N–H and O–H groups in total. The Kier molecular flexibility index (Phi) is 1.51. The molecule has 2 heterocycles. The van der Waals surface area contributed by atoms with Gasteiger partial charge in [-0.05, 0) is 6.92 Å². The maximum Gasteiger partial charge on any atom is 0.176 e. The van der Waals surface area contributed by atoms with Crippen LogP contribution in [0.4, 0.5) is 0 Å². The zero-order valence-corrected chi connectivity index (χ0v) is 7.20. The molecule has 0 fully saturated rings. The number of aromatic nitrogens is 3. The van der Waals surface area contributed by atoms with E-state index < -0.39 is 0 Å². The van der Waals surface area contributed by atoms with Gasteiger partial charge in [0.05, 0.1) is 0 Å². The van der Waals surface area contributed by atoms with Crippen molar-refractivity contribution < 1.29 is 0 Å². The topological polar surface area (TPSA) is 38.7 Å². The van der Waals surface area contributed by atoms with Crippen LogP contribution in [-0.4, -0.2) is 15.0 Å². The summed E-state index contributed by atoms with van der Waals surface area (Å²) in [5, 5.41) is 0.464. The van der Waals surface area contributed by atoms with E-state index in [0.29, 0.717) is 16.6 Å². The van der Waals surface area contributed by atoms with Gasteiger partial charge < -0.3 is 0 Å². The van der Waals surface area contributed by atoms with E-state index in [1.807, 2.05) is 0 Å². The van der Waals surface area contributed by atoms with Crippen molar-refractivity contribution in [3.63, 3.8) is 0 Å². The minimum absolute atomic E-state index is 0.464. The molecule has 5 heteroatoms. The van der Waals surface area contributed by atoms with Gasteiger partial charge >= 0.3 is 0 Å². The highest BCUT2D eigenvalue weighted by atomic mass is 35.5. The largest absolute Gasteiger partial charge is 0.220 e. The number of nitrogens with zero attached hydrogens (tertiary/aromatic N) is 3. The van der Waals surface area contributed by atoms with E-state index in [1.165, 1.54) is 11.3 Å². The number of rotatable bonds is 0. The summed E-state index contributed by atoms with van der Waals surface area (Å²) >= 11 is 7.13. The molecule has 0 aliphatic heterocycles. The molecule has 1 radical (unpaired) electrons. The number of aryl methyl sites for hydroxylation is 1. The summed E-state index contributed by atoms with van der Waals surface area (Å²) in [7, 11) is 0. The van der Waals surface area contributed by atoms with Crippen LogP contribution in [0.2, 0.25) is 5.15 Å². The molecule has 3 nitrogen and oxygen atoms in total. The van der Waals surface area contributed by atoms with Crippen LogP contribution in [0.3, 0.4) is 0 Å². The summed E-state index contributed by atoms with van der Waals surface area (Å²) < 4.78 is 0.803. The molecular formula is C6H3ClN3S. The standard InChI is InChI=1S/C6H3ClN3S/c1-3-9-5(7)4-6(10-3)8-2-11-4/h1H3. The number of thiazole rings is 1. The second kappa shape index (κ2) is 2.39.